The average Bonchev–Trinajstić information content (AvgIpc) is 3.15. The Hall–Kier alpha value is -2.80. The largest absolute Gasteiger partial charge is 0.296 e. The van der Waals surface area contributed by atoms with Crippen LogP contribution in [-0.4, -0.2) is 26.5 Å². The predicted octanol–water partition coefficient (Wildman–Crippen LogP) is 3.00. The lowest BCUT2D eigenvalue weighted by Crippen LogP contribution is -2.12. The standard InChI is InChI=1S/C16H14N4O2S/c1-10(21)14-13(11-6-4-3-5-7-11)17-16(23-14)18-15(22)12-8-9-20(2)19-12/h3-9H,1-2H3,(H,17,18,22). The Morgan fingerprint density at radius 3 is 2.52 bits per heavy atom. The van der Waals surface area contributed by atoms with Crippen LogP contribution in [0.2, 0.25) is 0 Å². The maximum Gasteiger partial charge on any atom is 0.277 e. The van der Waals surface area contributed by atoms with E-state index in [-0.39, 0.29) is 11.7 Å². The molecule has 1 amide bonds. The van der Waals surface area contributed by atoms with Crippen molar-refractivity contribution in [3.63, 3.8) is 0 Å². The van der Waals surface area contributed by atoms with Crippen molar-refractivity contribution >= 4 is 28.2 Å². The van der Waals surface area contributed by atoms with E-state index in [0.717, 1.165) is 5.56 Å². The number of nitrogens with one attached hydrogen (secondary N) is 1. The number of benzene rings is 1. The van der Waals surface area contributed by atoms with Gasteiger partial charge in [0.15, 0.2) is 16.6 Å². The van der Waals surface area contributed by atoms with Gasteiger partial charge < -0.3 is 0 Å². The number of anilines is 1. The van der Waals surface area contributed by atoms with Gasteiger partial charge in [0, 0.05) is 25.7 Å². The fraction of sp³-hybridized carbons (Fsp3) is 0.125. The molecule has 0 atom stereocenters. The Morgan fingerprint density at radius 1 is 1.17 bits per heavy atom. The molecule has 0 bridgehead atoms. The molecule has 0 saturated heterocycles. The molecule has 3 rings (SSSR count). The highest BCUT2D eigenvalue weighted by Crippen LogP contribution is 2.31. The van der Waals surface area contributed by atoms with Gasteiger partial charge in [0.05, 0.1) is 10.6 Å². The van der Waals surface area contributed by atoms with E-state index in [2.05, 4.69) is 15.4 Å². The minimum atomic E-state index is -0.353. The van der Waals surface area contributed by atoms with E-state index in [1.807, 2.05) is 30.3 Å². The molecule has 0 aliphatic carbocycles. The fourth-order valence-electron chi connectivity index (χ4n) is 2.10. The van der Waals surface area contributed by atoms with Gasteiger partial charge in [0.2, 0.25) is 0 Å². The number of hydrogen-bond acceptors (Lipinski definition) is 5. The molecule has 0 spiro atoms. The highest BCUT2D eigenvalue weighted by Gasteiger charge is 2.18. The maximum atomic E-state index is 12.1. The third-order valence-electron chi connectivity index (χ3n) is 3.16. The van der Waals surface area contributed by atoms with E-state index in [1.165, 1.54) is 18.3 Å². The molecule has 2 aromatic heterocycles. The Labute approximate surface area is 136 Å². The van der Waals surface area contributed by atoms with Gasteiger partial charge in [-0.25, -0.2) is 4.98 Å². The van der Waals surface area contributed by atoms with Gasteiger partial charge in [-0.3, -0.25) is 19.6 Å². The Kier molecular flexibility index (Phi) is 4.03. The van der Waals surface area contributed by atoms with Gasteiger partial charge in [-0.15, -0.1) is 0 Å². The van der Waals surface area contributed by atoms with Crippen LogP contribution in [0.1, 0.15) is 27.1 Å². The number of Topliss-reactive ketones (excluding diaryl/α,β-unsaturated/α-hetero) is 1. The summed E-state index contributed by atoms with van der Waals surface area (Å²) < 4.78 is 1.55. The van der Waals surface area contributed by atoms with Crippen molar-refractivity contribution in [2.75, 3.05) is 5.32 Å². The summed E-state index contributed by atoms with van der Waals surface area (Å²) in [6, 6.07) is 11.0. The molecule has 0 aliphatic heterocycles. The van der Waals surface area contributed by atoms with Crippen LogP contribution in [0.4, 0.5) is 5.13 Å². The summed E-state index contributed by atoms with van der Waals surface area (Å²) in [4.78, 5) is 28.9. The molecule has 3 aromatic rings. The second-order valence-corrected chi connectivity index (χ2v) is 5.95. The van der Waals surface area contributed by atoms with Crippen molar-refractivity contribution in [1.82, 2.24) is 14.8 Å². The highest BCUT2D eigenvalue weighted by atomic mass is 32.1. The minimum Gasteiger partial charge on any atom is -0.296 e. The first-order valence-electron chi connectivity index (χ1n) is 6.93. The molecule has 0 fully saturated rings. The Balaban J connectivity index is 1.92. The van der Waals surface area contributed by atoms with Gasteiger partial charge in [-0.05, 0) is 6.07 Å². The van der Waals surface area contributed by atoms with Crippen LogP contribution in [0.25, 0.3) is 11.3 Å². The molecule has 0 saturated carbocycles. The Bertz CT molecular complexity index is 867. The predicted molar refractivity (Wildman–Crippen MR) is 88.7 cm³/mol. The number of aromatic nitrogens is 3. The molecular formula is C16H14N4O2S. The molecule has 0 radical (unpaired) electrons. The molecule has 116 valence electrons. The van der Waals surface area contributed by atoms with Crippen molar-refractivity contribution in [1.29, 1.82) is 0 Å². The minimum absolute atomic E-state index is 0.0836. The van der Waals surface area contributed by atoms with E-state index in [0.29, 0.717) is 21.4 Å². The van der Waals surface area contributed by atoms with Gasteiger partial charge in [0.1, 0.15) is 0 Å². The summed E-state index contributed by atoms with van der Waals surface area (Å²) in [5.41, 5.74) is 1.72. The van der Waals surface area contributed by atoms with E-state index >= 15 is 0 Å². The van der Waals surface area contributed by atoms with Crippen molar-refractivity contribution < 1.29 is 9.59 Å². The smallest absolute Gasteiger partial charge is 0.277 e. The number of amides is 1. The van der Waals surface area contributed by atoms with E-state index in [9.17, 15) is 9.59 Å². The van der Waals surface area contributed by atoms with Crippen LogP contribution in [0.3, 0.4) is 0 Å². The zero-order valence-corrected chi connectivity index (χ0v) is 13.4. The maximum absolute atomic E-state index is 12.1. The summed E-state index contributed by atoms with van der Waals surface area (Å²) in [7, 11) is 1.74. The molecule has 2 heterocycles. The molecule has 6 nitrogen and oxygen atoms in total. The lowest BCUT2D eigenvalue weighted by Gasteiger charge is -1.98. The first kappa shape index (κ1) is 15.1. The number of ketones is 1. The third kappa shape index (κ3) is 3.19. The normalized spacial score (nSPS) is 10.5. The van der Waals surface area contributed by atoms with Crippen LogP contribution in [0.5, 0.6) is 0 Å². The monoisotopic (exact) mass is 326 g/mol. The van der Waals surface area contributed by atoms with Crippen LogP contribution in [0, 0.1) is 0 Å². The molecule has 23 heavy (non-hydrogen) atoms. The molecule has 7 heteroatoms. The zero-order valence-electron chi connectivity index (χ0n) is 12.6. The van der Waals surface area contributed by atoms with E-state index in [1.54, 1.807) is 24.0 Å². The number of hydrogen-bond donors (Lipinski definition) is 1. The number of nitrogens with zero attached hydrogens (tertiary/aromatic N) is 3. The van der Waals surface area contributed by atoms with Crippen LogP contribution in [0.15, 0.2) is 42.6 Å². The van der Waals surface area contributed by atoms with E-state index in [4.69, 9.17) is 0 Å². The van der Waals surface area contributed by atoms with Crippen molar-refractivity contribution in [3.05, 3.63) is 53.2 Å². The number of rotatable bonds is 4. The summed E-state index contributed by atoms with van der Waals surface area (Å²) >= 11 is 1.17. The van der Waals surface area contributed by atoms with Crippen LogP contribution < -0.4 is 5.32 Å². The SMILES string of the molecule is CC(=O)c1sc(NC(=O)c2ccn(C)n2)nc1-c1ccccc1. The second-order valence-electron chi connectivity index (χ2n) is 4.95. The first-order valence-corrected chi connectivity index (χ1v) is 7.74. The quantitative estimate of drug-likeness (QED) is 0.748. The summed E-state index contributed by atoms with van der Waals surface area (Å²) in [5.74, 6) is -0.436. The molecular weight excluding hydrogens is 312 g/mol. The lowest BCUT2D eigenvalue weighted by atomic mass is 10.1. The zero-order chi connectivity index (χ0) is 16.4. The summed E-state index contributed by atoms with van der Waals surface area (Å²) in [6.45, 7) is 1.49. The van der Waals surface area contributed by atoms with E-state index < -0.39 is 0 Å². The van der Waals surface area contributed by atoms with Gasteiger partial charge in [0.25, 0.3) is 5.91 Å². The molecule has 0 unspecified atom stereocenters. The molecule has 1 aromatic carbocycles. The van der Waals surface area contributed by atoms with Crippen molar-refractivity contribution in [2.45, 2.75) is 6.92 Å². The van der Waals surface area contributed by atoms with Gasteiger partial charge in [-0.2, -0.15) is 5.10 Å². The fourth-order valence-corrected chi connectivity index (χ4v) is 2.98. The van der Waals surface area contributed by atoms with Crippen LogP contribution >= 0.6 is 11.3 Å². The van der Waals surface area contributed by atoms with Crippen LogP contribution in [-0.2, 0) is 7.05 Å². The third-order valence-corrected chi connectivity index (χ3v) is 4.23. The topological polar surface area (TPSA) is 76.9 Å². The number of thiazole rings is 1. The number of carbonyl (C=O) groups is 2. The summed E-state index contributed by atoms with van der Waals surface area (Å²) in [5, 5.41) is 7.12. The molecule has 0 aliphatic rings. The Morgan fingerprint density at radius 2 is 1.91 bits per heavy atom. The molecule has 1 N–H and O–H groups in total. The number of carbonyl (C=O) groups excluding carboxylic acids is 2. The van der Waals surface area contributed by atoms with Crippen molar-refractivity contribution in [2.24, 2.45) is 7.05 Å². The highest BCUT2D eigenvalue weighted by molar-refractivity contribution is 7.18. The summed E-state index contributed by atoms with van der Waals surface area (Å²) in [6.07, 6.45) is 1.69. The average molecular weight is 326 g/mol. The lowest BCUT2D eigenvalue weighted by molar-refractivity contribution is 0.101. The second kappa shape index (κ2) is 6.13. The van der Waals surface area contributed by atoms with Crippen molar-refractivity contribution in [3.8, 4) is 11.3 Å². The van der Waals surface area contributed by atoms with Gasteiger partial charge in [-0.1, -0.05) is 41.7 Å². The first-order chi connectivity index (χ1) is 11.0. The van der Waals surface area contributed by atoms with Gasteiger partial charge >= 0.3 is 0 Å². The number of aryl methyl sites for hydroxylation is 1.